The summed E-state index contributed by atoms with van der Waals surface area (Å²) in [4.78, 5) is 15.2. The fourth-order valence-electron chi connectivity index (χ4n) is 5.01. The molecule has 0 aromatic rings. The summed E-state index contributed by atoms with van der Waals surface area (Å²) < 4.78 is 5.87. The van der Waals surface area contributed by atoms with Crippen molar-refractivity contribution in [1.82, 2.24) is 4.90 Å². The molecule has 0 spiro atoms. The Hall–Kier alpha value is -0.610. The van der Waals surface area contributed by atoms with Gasteiger partial charge in [-0.3, -0.25) is 4.79 Å². The molecule has 0 aromatic heterocycles. The molecule has 1 heterocycles. The van der Waals surface area contributed by atoms with Gasteiger partial charge in [0.1, 0.15) is 0 Å². The van der Waals surface area contributed by atoms with Gasteiger partial charge in [0.05, 0.1) is 6.10 Å². The highest BCUT2D eigenvalue weighted by Gasteiger charge is 2.41. The minimum atomic E-state index is 0.209. The minimum Gasteiger partial charge on any atom is -0.376 e. The molecule has 2 aliphatic carbocycles. The number of hydrogen-bond acceptors (Lipinski definition) is 3. The van der Waals surface area contributed by atoms with Gasteiger partial charge in [0.15, 0.2) is 0 Å². The van der Waals surface area contributed by atoms with Crippen molar-refractivity contribution in [2.45, 2.75) is 76.9 Å². The summed E-state index contributed by atoms with van der Waals surface area (Å²) in [5.41, 5.74) is 6.39. The van der Waals surface area contributed by atoms with E-state index in [4.69, 9.17) is 10.5 Å². The van der Waals surface area contributed by atoms with Crippen LogP contribution in [0.25, 0.3) is 0 Å². The average Bonchev–Trinajstić information content (AvgIpc) is 2.54. The lowest BCUT2D eigenvalue weighted by Crippen LogP contribution is -2.51. The van der Waals surface area contributed by atoms with E-state index in [9.17, 15) is 4.79 Å². The van der Waals surface area contributed by atoms with Crippen LogP contribution in [0, 0.1) is 17.8 Å². The third kappa shape index (κ3) is 4.08. The summed E-state index contributed by atoms with van der Waals surface area (Å²) in [7, 11) is 0. The zero-order chi connectivity index (χ0) is 16.2. The largest absolute Gasteiger partial charge is 0.376 e. The summed E-state index contributed by atoms with van der Waals surface area (Å²) in [5.74, 6) is 1.74. The minimum absolute atomic E-state index is 0.209. The maximum Gasteiger partial charge on any atom is 0.225 e. The maximum atomic E-state index is 13.1. The van der Waals surface area contributed by atoms with Crippen molar-refractivity contribution in [3.63, 3.8) is 0 Å². The zero-order valence-corrected chi connectivity index (χ0v) is 14.7. The molecule has 2 bridgehead atoms. The predicted octanol–water partition coefficient (Wildman–Crippen LogP) is 2.95. The SMILES string of the molecule is CCCN(CC1CCCCO1)C(=O)C1CC2CCCC(C1)C2N. The molecule has 0 radical (unpaired) electrons. The molecular weight excluding hydrogens is 288 g/mol. The lowest BCUT2D eigenvalue weighted by Gasteiger charge is -2.44. The highest BCUT2D eigenvalue weighted by atomic mass is 16.5. The summed E-state index contributed by atoms with van der Waals surface area (Å²) in [6, 6.07) is 0.342. The van der Waals surface area contributed by atoms with Crippen molar-refractivity contribution >= 4 is 5.91 Å². The Morgan fingerprint density at radius 3 is 2.48 bits per heavy atom. The second-order valence-corrected chi connectivity index (χ2v) is 7.97. The fourth-order valence-corrected chi connectivity index (χ4v) is 5.01. The molecule has 3 unspecified atom stereocenters. The number of nitrogens with zero attached hydrogens (tertiary/aromatic N) is 1. The first-order chi connectivity index (χ1) is 11.2. The van der Waals surface area contributed by atoms with Crippen molar-refractivity contribution < 1.29 is 9.53 Å². The Kier molecular flexibility index (Phi) is 5.97. The summed E-state index contributed by atoms with van der Waals surface area (Å²) in [5, 5.41) is 0. The molecular formula is C19H34N2O2. The maximum absolute atomic E-state index is 13.1. The number of nitrogens with two attached hydrogens (primary N) is 1. The summed E-state index contributed by atoms with van der Waals surface area (Å²) >= 11 is 0. The van der Waals surface area contributed by atoms with E-state index in [0.29, 0.717) is 23.8 Å². The van der Waals surface area contributed by atoms with Gasteiger partial charge in [0, 0.05) is 31.7 Å². The van der Waals surface area contributed by atoms with Crippen LogP contribution in [0.5, 0.6) is 0 Å². The van der Waals surface area contributed by atoms with Crippen LogP contribution in [0.1, 0.15) is 64.7 Å². The number of carbonyl (C=O) groups excluding carboxylic acids is 1. The Balaban J connectivity index is 1.61. The van der Waals surface area contributed by atoms with E-state index < -0.39 is 0 Å². The summed E-state index contributed by atoms with van der Waals surface area (Å²) in [6.07, 6.45) is 10.6. The van der Waals surface area contributed by atoms with Crippen LogP contribution in [-0.4, -0.2) is 42.6 Å². The second-order valence-electron chi connectivity index (χ2n) is 7.97. The first-order valence-electron chi connectivity index (χ1n) is 9.85. The zero-order valence-electron chi connectivity index (χ0n) is 14.7. The lowest BCUT2D eigenvalue weighted by molar-refractivity contribution is -0.141. The first-order valence-corrected chi connectivity index (χ1v) is 9.85. The van der Waals surface area contributed by atoms with Crippen molar-refractivity contribution in [1.29, 1.82) is 0 Å². The quantitative estimate of drug-likeness (QED) is 0.846. The van der Waals surface area contributed by atoms with Gasteiger partial charge in [0.2, 0.25) is 5.91 Å². The van der Waals surface area contributed by atoms with Crippen molar-refractivity contribution in [3.8, 4) is 0 Å². The van der Waals surface area contributed by atoms with Gasteiger partial charge in [-0.15, -0.1) is 0 Å². The normalized spacial score (nSPS) is 37.4. The van der Waals surface area contributed by atoms with Gasteiger partial charge in [0.25, 0.3) is 0 Å². The first kappa shape index (κ1) is 17.2. The molecule has 23 heavy (non-hydrogen) atoms. The van der Waals surface area contributed by atoms with Crippen LogP contribution in [0.4, 0.5) is 0 Å². The Morgan fingerprint density at radius 2 is 1.87 bits per heavy atom. The molecule has 3 atom stereocenters. The number of hydrogen-bond donors (Lipinski definition) is 1. The van der Waals surface area contributed by atoms with E-state index in [1.807, 2.05) is 0 Å². The van der Waals surface area contributed by atoms with Crippen molar-refractivity contribution in [2.24, 2.45) is 23.5 Å². The molecule has 132 valence electrons. The van der Waals surface area contributed by atoms with Gasteiger partial charge < -0.3 is 15.4 Å². The van der Waals surface area contributed by atoms with E-state index in [1.165, 1.54) is 32.1 Å². The Bertz CT molecular complexity index is 381. The van der Waals surface area contributed by atoms with Gasteiger partial charge >= 0.3 is 0 Å². The molecule has 2 N–H and O–H groups in total. The van der Waals surface area contributed by atoms with Gasteiger partial charge in [-0.1, -0.05) is 13.3 Å². The topological polar surface area (TPSA) is 55.6 Å². The number of fused-ring (bicyclic) bond motifs is 2. The molecule has 4 nitrogen and oxygen atoms in total. The summed E-state index contributed by atoms with van der Waals surface area (Å²) in [6.45, 7) is 4.69. The molecule has 3 fully saturated rings. The lowest BCUT2D eigenvalue weighted by atomic mass is 9.65. The molecule has 3 aliphatic rings. The van der Waals surface area contributed by atoms with Gasteiger partial charge in [-0.25, -0.2) is 0 Å². The molecule has 1 aliphatic heterocycles. The predicted molar refractivity (Wildman–Crippen MR) is 92.0 cm³/mol. The van der Waals surface area contributed by atoms with Gasteiger partial charge in [-0.2, -0.15) is 0 Å². The van der Waals surface area contributed by atoms with Crippen molar-refractivity contribution in [2.75, 3.05) is 19.7 Å². The molecule has 1 amide bonds. The highest BCUT2D eigenvalue weighted by molar-refractivity contribution is 5.79. The molecule has 0 aromatic carbocycles. The van der Waals surface area contributed by atoms with Crippen molar-refractivity contribution in [3.05, 3.63) is 0 Å². The monoisotopic (exact) mass is 322 g/mol. The molecule has 3 rings (SSSR count). The Labute approximate surface area is 141 Å². The smallest absolute Gasteiger partial charge is 0.225 e. The van der Waals surface area contributed by atoms with Crippen LogP contribution in [0.15, 0.2) is 0 Å². The standard InChI is InChI=1S/C19H34N2O2/c1-2-9-21(13-17-8-3-4-10-23-17)19(22)16-11-14-6-5-7-15(12-16)18(14)20/h14-18H,2-13,20H2,1H3. The third-order valence-corrected chi connectivity index (χ3v) is 6.27. The van der Waals surface area contributed by atoms with Crippen LogP contribution in [0.3, 0.4) is 0 Å². The number of amides is 1. The third-order valence-electron chi connectivity index (χ3n) is 6.27. The van der Waals surface area contributed by atoms with Crippen LogP contribution in [0.2, 0.25) is 0 Å². The molecule has 1 saturated heterocycles. The van der Waals surface area contributed by atoms with E-state index in [-0.39, 0.29) is 12.0 Å². The number of carbonyl (C=O) groups is 1. The highest BCUT2D eigenvalue weighted by Crippen LogP contribution is 2.42. The van der Waals surface area contributed by atoms with Crippen LogP contribution in [-0.2, 0) is 9.53 Å². The fraction of sp³-hybridized carbons (Fsp3) is 0.947. The number of ether oxygens (including phenoxy) is 1. The average molecular weight is 322 g/mol. The molecule has 4 heteroatoms. The van der Waals surface area contributed by atoms with Crippen LogP contribution < -0.4 is 5.73 Å². The second kappa shape index (κ2) is 7.98. The number of rotatable bonds is 5. The van der Waals surface area contributed by atoms with E-state index >= 15 is 0 Å². The van der Waals surface area contributed by atoms with Gasteiger partial charge in [-0.05, 0) is 63.2 Å². The van der Waals surface area contributed by atoms with E-state index in [1.54, 1.807) is 0 Å². The van der Waals surface area contributed by atoms with Crippen LogP contribution >= 0.6 is 0 Å². The van der Waals surface area contributed by atoms with E-state index in [0.717, 1.165) is 45.4 Å². The molecule has 2 saturated carbocycles. The van der Waals surface area contributed by atoms with E-state index in [2.05, 4.69) is 11.8 Å². The Morgan fingerprint density at radius 1 is 1.13 bits per heavy atom.